The molecule has 0 heterocycles. The highest BCUT2D eigenvalue weighted by atomic mass is 16.3. The van der Waals surface area contributed by atoms with Crippen molar-refractivity contribution < 1.29 is 14.7 Å². The SMILES string of the molecule is N#CC(NCCO)C1C(=O)c2ccccc2C1=O. The van der Waals surface area contributed by atoms with Gasteiger partial charge in [0.05, 0.1) is 12.7 Å². The Hall–Kier alpha value is -2.03. The third-order valence-corrected chi connectivity index (χ3v) is 2.97. The van der Waals surface area contributed by atoms with Gasteiger partial charge in [-0.15, -0.1) is 0 Å². The summed E-state index contributed by atoms with van der Waals surface area (Å²) >= 11 is 0. The first kappa shape index (κ1) is 12.4. The van der Waals surface area contributed by atoms with Crippen LogP contribution in [0, 0.1) is 17.2 Å². The lowest BCUT2D eigenvalue weighted by Gasteiger charge is -2.14. The molecule has 92 valence electrons. The quantitative estimate of drug-likeness (QED) is 0.736. The van der Waals surface area contributed by atoms with E-state index in [9.17, 15) is 9.59 Å². The molecule has 0 bridgehead atoms. The maximum atomic E-state index is 12.1. The van der Waals surface area contributed by atoms with E-state index in [1.807, 2.05) is 6.07 Å². The van der Waals surface area contributed by atoms with Crippen LogP contribution in [0.5, 0.6) is 0 Å². The maximum Gasteiger partial charge on any atom is 0.177 e. The lowest BCUT2D eigenvalue weighted by molar-refractivity contribution is 0.0818. The van der Waals surface area contributed by atoms with Crippen LogP contribution in [-0.2, 0) is 0 Å². The van der Waals surface area contributed by atoms with Gasteiger partial charge >= 0.3 is 0 Å². The zero-order valence-electron chi connectivity index (χ0n) is 9.59. The predicted octanol–water partition coefficient (Wildman–Crippen LogP) is 0.156. The Kier molecular flexibility index (Phi) is 3.51. The highest BCUT2D eigenvalue weighted by molar-refractivity contribution is 6.27. The number of nitrogens with zero attached hydrogens (tertiary/aromatic N) is 1. The van der Waals surface area contributed by atoms with Gasteiger partial charge in [0.2, 0.25) is 0 Å². The standard InChI is InChI=1S/C13H12N2O3/c14-7-10(15-5-6-16)11-12(17)8-3-1-2-4-9(8)13(11)18/h1-4,10-11,15-16H,5-6H2. The molecule has 0 fully saturated rings. The number of nitriles is 1. The van der Waals surface area contributed by atoms with Gasteiger partial charge in [0.25, 0.3) is 0 Å². The van der Waals surface area contributed by atoms with E-state index in [0.717, 1.165) is 0 Å². The Balaban J connectivity index is 2.30. The molecule has 5 nitrogen and oxygen atoms in total. The van der Waals surface area contributed by atoms with Crippen LogP contribution >= 0.6 is 0 Å². The summed E-state index contributed by atoms with van der Waals surface area (Å²) in [5, 5.41) is 20.5. The molecule has 0 saturated heterocycles. The van der Waals surface area contributed by atoms with Crippen molar-refractivity contribution in [2.75, 3.05) is 13.2 Å². The van der Waals surface area contributed by atoms with Crippen molar-refractivity contribution in [3.8, 4) is 6.07 Å². The summed E-state index contributed by atoms with van der Waals surface area (Å²) in [5.41, 5.74) is 0.747. The zero-order chi connectivity index (χ0) is 13.1. The Morgan fingerprint density at radius 2 is 1.83 bits per heavy atom. The Labute approximate surface area is 104 Å². The molecule has 0 aliphatic heterocycles. The Morgan fingerprint density at radius 3 is 2.28 bits per heavy atom. The van der Waals surface area contributed by atoms with Gasteiger partial charge in [-0.1, -0.05) is 24.3 Å². The molecule has 1 aliphatic carbocycles. The molecule has 0 saturated carbocycles. The molecule has 5 heteroatoms. The number of ketones is 2. The summed E-state index contributed by atoms with van der Waals surface area (Å²) in [5.74, 6) is -1.65. The number of hydrogen-bond donors (Lipinski definition) is 2. The number of fused-ring (bicyclic) bond motifs is 1. The van der Waals surface area contributed by atoms with E-state index >= 15 is 0 Å². The van der Waals surface area contributed by atoms with E-state index in [-0.39, 0.29) is 24.7 Å². The first-order chi connectivity index (χ1) is 8.70. The van der Waals surface area contributed by atoms with E-state index in [1.54, 1.807) is 24.3 Å². The van der Waals surface area contributed by atoms with Crippen LogP contribution in [0.3, 0.4) is 0 Å². The van der Waals surface area contributed by atoms with E-state index in [1.165, 1.54) is 0 Å². The van der Waals surface area contributed by atoms with Crippen molar-refractivity contribution in [1.29, 1.82) is 5.26 Å². The molecule has 2 rings (SSSR count). The second-order valence-electron chi connectivity index (χ2n) is 4.04. The summed E-state index contributed by atoms with van der Waals surface area (Å²) in [7, 11) is 0. The summed E-state index contributed by atoms with van der Waals surface area (Å²) < 4.78 is 0. The molecular weight excluding hydrogens is 232 g/mol. The Morgan fingerprint density at radius 1 is 1.28 bits per heavy atom. The minimum absolute atomic E-state index is 0.153. The number of nitrogens with one attached hydrogen (secondary N) is 1. The number of rotatable bonds is 4. The molecule has 0 radical (unpaired) electrons. The van der Waals surface area contributed by atoms with Crippen LogP contribution in [0.2, 0.25) is 0 Å². The lowest BCUT2D eigenvalue weighted by Crippen LogP contribution is -2.41. The molecule has 0 spiro atoms. The molecule has 1 unspecified atom stereocenters. The third kappa shape index (κ3) is 1.92. The first-order valence-electron chi connectivity index (χ1n) is 5.62. The van der Waals surface area contributed by atoms with Crippen molar-refractivity contribution in [3.63, 3.8) is 0 Å². The summed E-state index contributed by atoms with van der Waals surface area (Å²) in [6, 6.07) is 7.58. The molecule has 1 aromatic carbocycles. The largest absolute Gasteiger partial charge is 0.395 e. The number of benzene rings is 1. The maximum absolute atomic E-state index is 12.1. The number of carbonyl (C=O) groups excluding carboxylic acids is 2. The highest BCUT2D eigenvalue weighted by Gasteiger charge is 2.43. The van der Waals surface area contributed by atoms with E-state index < -0.39 is 12.0 Å². The zero-order valence-corrected chi connectivity index (χ0v) is 9.59. The van der Waals surface area contributed by atoms with Gasteiger partial charge in [-0.05, 0) is 0 Å². The number of carbonyl (C=O) groups is 2. The van der Waals surface area contributed by atoms with Gasteiger partial charge in [-0.25, -0.2) is 0 Å². The molecule has 0 aromatic heterocycles. The second-order valence-corrected chi connectivity index (χ2v) is 4.04. The fourth-order valence-corrected chi connectivity index (χ4v) is 2.13. The predicted molar refractivity (Wildman–Crippen MR) is 63.1 cm³/mol. The summed E-state index contributed by atoms with van der Waals surface area (Å²) in [6.07, 6.45) is 0. The number of hydrogen-bond acceptors (Lipinski definition) is 5. The third-order valence-electron chi connectivity index (χ3n) is 2.97. The fraction of sp³-hybridized carbons (Fsp3) is 0.308. The van der Waals surface area contributed by atoms with Crippen LogP contribution in [-0.4, -0.2) is 35.9 Å². The fourth-order valence-electron chi connectivity index (χ4n) is 2.13. The van der Waals surface area contributed by atoms with E-state index in [4.69, 9.17) is 10.4 Å². The van der Waals surface area contributed by atoms with Crippen LogP contribution in [0.15, 0.2) is 24.3 Å². The van der Waals surface area contributed by atoms with Crippen molar-refractivity contribution in [3.05, 3.63) is 35.4 Å². The number of Topliss-reactive ketones (excluding diaryl/α,β-unsaturated/α-hetero) is 2. The van der Waals surface area contributed by atoms with Crippen molar-refractivity contribution in [2.24, 2.45) is 5.92 Å². The minimum Gasteiger partial charge on any atom is -0.395 e. The molecule has 1 atom stereocenters. The molecule has 0 amide bonds. The average molecular weight is 244 g/mol. The van der Waals surface area contributed by atoms with Gasteiger partial charge in [0, 0.05) is 17.7 Å². The molecule has 1 aliphatic rings. The van der Waals surface area contributed by atoms with Crippen LogP contribution < -0.4 is 5.32 Å². The van der Waals surface area contributed by atoms with Crippen LogP contribution in [0.25, 0.3) is 0 Å². The minimum atomic E-state index is -1.00. The summed E-state index contributed by atoms with van der Waals surface area (Å²) in [4.78, 5) is 24.2. The molecule has 18 heavy (non-hydrogen) atoms. The van der Waals surface area contributed by atoms with Gasteiger partial charge in [-0.3, -0.25) is 14.9 Å². The van der Waals surface area contributed by atoms with Crippen molar-refractivity contribution in [1.82, 2.24) is 5.32 Å². The molecule has 2 N–H and O–H groups in total. The van der Waals surface area contributed by atoms with Crippen molar-refractivity contribution >= 4 is 11.6 Å². The van der Waals surface area contributed by atoms with Crippen molar-refractivity contribution in [2.45, 2.75) is 6.04 Å². The lowest BCUT2D eigenvalue weighted by atomic mass is 9.95. The van der Waals surface area contributed by atoms with Gasteiger partial charge < -0.3 is 5.11 Å². The molecular formula is C13H12N2O3. The van der Waals surface area contributed by atoms with E-state index in [2.05, 4.69) is 5.32 Å². The monoisotopic (exact) mass is 244 g/mol. The highest BCUT2D eigenvalue weighted by Crippen LogP contribution is 2.28. The van der Waals surface area contributed by atoms with Gasteiger partial charge in [0.15, 0.2) is 11.6 Å². The molecule has 1 aromatic rings. The summed E-state index contributed by atoms with van der Waals surface area (Å²) in [6.45, 7) is 0.0197. The topological polar surface area (TPSA) is 90.2 Å². The van der Waals surface area contributed by atoms with Crippen LogP contribution in [0.1, 0.15) is 20.7 Å². The first-order valence-corrected chi connectivity index (χ1v) is 5.62. The van der Waals surface area contributed by atoms with Crippen LogP contribution in [0.4, 0.5) is 0 Å². The van der Waals surface area contributed by atoms with Gasteiger partial charge in [0.1, 0.15) is 12.0 Å². The Bertz CT molecular complexity index is 498. The number of aliphatic hydroxyl groups is 1. The van der Waals surface area contributed by atoms with E-state index in [0.29, 0.717) is 11.1 Å². The average Bonchev–Trinajstić information content (AvgIpc) is 2.65. The number of aliphatic hydroxyl groups excluding tert-OH is 1. The van der Waals surface area contributed by atoms with Gasteiger partial charge in [-0.2, -0.15) is 5.26 Å². The normalized spacial score (nSPS) is 16.4. The smallest absolute Gasteiger partial charge is 0.177 e. The second kappa shape index (κ2) is 5.08.